The maximum absolute atomic E-state index is 13.4. The lowest BCUT2D eigenvalue weighted by molar-refractivity contribution is -0.121. The Morgan fingerprint density at radius 1 is 1.15 bits per heavy atom. The van der Waals surface area contributed by atoms with Crippen molar-refractivity contribution in [3.8, 4) is 11.1 Å². The van der Waals surface area contributed by atoms with E-state index in [9.17, 15) is 9.90 Å². The van der Waals surface area contributed by atoms with Gasteiger partial charge in [-0.15, -0.1) is 0 Å². The van der Waals surface area contributed by atoms with Crippen molar-refractivity contribution in [2.24, 2.45) is 5.92 Å². The zero-order valence-corrected chi connectivity index (χ0v) is 14.7. The monoisotopic (exact) mass is 360 g/mol. The lowest BCUT2D eigenvalue weighted by Crippen LogP contribution is -2.50. The summed E-state index contributed by atoms with van der Waals surface area (Å²) in [7, 11) is 0. The van der Waals surface area contributed by atoms with Crippen LogP contribution in [0.1, 0.15) is 5.56 Å². The second-order valence-corrected chi connectivity index (χ2v) is 7.26. The third-order valence-corrected chi connectivity index (χ3v) is 5.80. The van der Waals surface area contributed by atoms with E-state index >= 15 is 0 Å². The van der Waals surface area contributed by atoms with E-state index in [1.165, 1.54) is 0 Å². The first-order valence-corrected chi connectivity index (χ1v) is 9.09. The number of fused-ring (bicyclic) bond motifs is 1. The molecular weight excluding hydrogens is 340 g/mol. The molecule has 1 amide bonds. The van der Waals surface area contributed by atoms with E-state index in [4.69, 9.17) is 0 Å². The minimum atomic E-state index is -0.762. The second-order valence-electron chi connectivity index (χ2n) is 7.26. The number of aliphatic hydroxyl groups is 1. The van der Waals surface area contributed by atoms with Crippen molar-refractivity contribution >= 4 is 17.3 Å². The van der Waals surface area contributed by atoms with E-state index in [1.807, 2.05) is 54.7 Å². The van der Waals surface area contributed by atoms with Crippen molar-refractivity contribution in [3.63, 3.8) is 0 Å². The summed E-state index contributed by atoms with van der Waals surface area (Å²) < 4.78 is 0. The predicted molar refractivity (Wildman–Crippen MR) is 103 cm³/mol. The van der Waals surface area contributed by atoms with Crippen LogP contribution in [0.4, 0.5) is 11.4 Å². The van der Waals surface area contributed by atoms with Crippen LogP contribution in [0.5, 0.6) is 0 Å². The quantitative estimate of drug-likeness (QED) is 0.670. The molecule has 2 aliphatic heterocycles. The molecule has 6 heteroatoms. The normalized spacial score (nSPS) is 23.7. The molecular formula is C21H20N4O2. The number of hydrogen-bond donors (Lipinski definition) is 3. The first-order valence-electron chi connectivity index (χ1n) is 9.09. The van der Waals surface area contributed by atoms with Crippen molar-refractivity contribution < 1.29 is 9.90 Å². The van der Waals surface area contributed by atoms with E-state index in [0.717, 1.165) is 28.1 Å². The molecule has 1 aromatic heterocycles. The fourth-order valence-corrected chi connectivity index (χ4v) is 4.31. The number of hydrogen-bond acceptors (Lipinski definition) is 4. The van der Waals surface area contributed by atoms with E-state index in [2.05, 4.69) is 15.5 Å². The van der Waals surface area contributed by atoms with Crippen molar-refractivity contribution in [2.75, 3.05) is 23.4 Å². The van der Waals surface area contributed by atoms with Crippen molar-refractivity contribution in [3.05, 3.63) is 66.5 Å². The average Bonchev–Trinajstić information content (AvgIpc) is 3.42. The van der Waals surface area contributed by atoms with Crippen LogP contribution in [0, 0.1) is 5.92 Å². The highest BCUT2D eigenvalue weighted by molar-refractivity contribution is 6.06. The summed E-state index contributed by atoms with van der Waals surface area (Å²) in [5, 5.41) is 20.2. The molecule has 5 rings (SSSR count). The number of nitrogens with zero attached hydrogens (tertiary/aromatic N) is 2. The van der Waals surface area contributed by atoms with Crippen molar-refractivity contribution in [1.29, 1.82) is 0 Å². The summed E-state index contributed by atoms with van der Waals surface area (Å²) in [6.07, 6.45) is 4.22. The Balaban J connectivity index is 1.46. The SMILES string of the molecule is O=C1N(c2ccc(-c3cn[nH]c3)cc2)CC(CO)C12Cc1ccccc1N2. The number of anilines is 2. The third kappa shape index (κ3) is 2.37. The van der Waals surface area contributed by atoms with Gasteiger partial charge in [0.25, 0.3) is 5.91 Å². The Morgan fingerprint density at radius 3 is 2.67 bits per heavy atom. The van der Waals surface area contributed by atoms with E-state index < -0.39 is 5.54 Å². The summed E-state index contributed by atoms with van der Waals surface area (Å²) in [4.78, 5) is 15.2. The van der Waals surface area contributed by atoms with Gasteiger partial charge in [0.2, 0.25) is 0 Å². The van der Waals surface area contributed by atoms with Crippen LogP contribution < -0.4 is 10.2 Å². The number of nitrogens with one attached hydrogen (secondary N) is 2. The van der Waals surface area contributed by atoms with Crippen LogP contribution in [0.25, 0.3) is 11.1 Å². The number of rotatable bonds is 3. The molecule has 0 saturated carbocycles. The number of aromatic amines is 1. The molecule has 1 saturated heterocycles. The molecule has 3 N–H and O–H groups in total. The summed E-state index contributed by atoms with van der Waals surface area (Å²) >= 11 is 0. The molecule has 3 aromatic rings. The summed E-state index contributed by atoms with van der Waals surface area (Å²) in [5.41, 5.74) is 4.25. The number of benzene rings is 2. The van der Waals surface area contributed by atoms with Gasteiger partial charge in [0, 0.05) is 42.0 Å². The molecule has 1 spiro atoms. The fourth-order valence-electron chi connectivity index (χ4n) is 4.31. The number of aromatic nitrogens is 2. The molecule has 2 unspecified atom stereocenters. The molecule has 0 bridgehead atoms. The van der Waals surface area contributed by atoms with Crippen LogP contribution in [-0.2, 0) is 11.2 Å². The molecule has 2 aliphatic rings. The van der Waals surface area contributed by atoms with Gasteiger partial charge in [0.05, 0.1) is 12.8 Å². The number of carbonyl (C=O) groups is 1. The zero-order valence-electron chi connectivity index (χ0n) is 14.7. The highest BCUT2D eigenvalue weighted by atomic mass is 16.3. The molecule has 0 radical (unpaired) electrons. The van der Waals surface area contributed by atoms with Crippen LogP contribution in [0.15, 0.2) is 60.9 Å². The fraction of sp³-hybridized carbons (Fsp3) is 0.238. The smallest absolute Gasteiger partial charge is 0.253 e. The maximum Gasteiger partial charge on any atom is 0.253 e. The number of carbonyl (C=O) groups excluding carboxylic acids is 1. The number of H-pyrrole nitrogens is 1. The lowest BCUT2D eigenvalue weighted by atomic mass is 9.84. The first-order chi connectivity index (χ1) is 13.2. The van der Waals surface area contributed by atoms with Gasteiger partial charge in [-0.3, -0.25) is 9.89 Å². The Kier molecular flexibility index (Phi) is 3.55. The average molecular weight is 360 g/mol. The molecule has 136 valence electrons. The van der Waals surface area contributed by atoms with Gasteiger partial charge in [-0.25, -0.2) is 0 Å². The second kappa shape index (κ2) is 5.96. The van der Waals surface area contributed by atoms with Crippen LogP contribution in [0.3, 0.4) is 0 Å². The Morgan fingerprint density at radius 2 is 1.96 bits per heavy atom. The van der Waals surface area contributed by atoms with Crippen molar-refractivity contribution in [2.45, 2.75) is 12.0 Å². The minimum Gasteiger partial charge on any atom is -0.396 e. The Bertz CT molecular complexity index is 957. The maximum atomic E-state index is 13.4. The lowest BCUT2D eigenvalue weighted by Gasteiger charge is -2.28. The number of para-hydroxylation sites is 1. The summed E-state index contributed by atoms with van der Waals surface area (Å²) in [6, 6.07) is 15.9. The van der Waals surface area contributed by atoms with Gasteiger partial charge >= 0.3 is 0 Å². The van der Waals surface area contributed by atoms with Gasteiger partial charge in [-0.05, 0) is 29.3 Å². The molecule has 3 heterocycles. The molecule has 0 aliphatic carbocycles. The predicted octanol–water partition coefficient (Wildman–Crippen LogP) is 2.44. The molecule has 27 heavy (non-hydrogen) atoms. The molecule has 6 nitrogen and oxygen atoms in total. The minimum absolute atomic E-state index is 0.0220. The molecule has 1 fully saturated rings. The molecule has 2 aromatic carbocycles. The topological polar surface area (TPSA) is 81.2 Å². The number of aliphatic hydroxyl groups excluding tert-OH is 1. The van der Waals surface area contributed by atoms with Gasteiger partial charge in [0.15, 0.2) is 0 Å². The zero-order chi connectivity index (χ0) is 18.4. The van der Waals surface area contributed by atoms with Crippen molar-refractivity contribution in [1.82, 2.24) is 10.2 Å². The Labute approximate surface area is 156 Å². The number of amides is 1. The largest absolute Gasteiger partial charge is 0.396 e. The standard InChI is InChI=1S/C21H20N4O2/c26-13-17-12-25(18-7-5-14(6-8-18)16-10-22-23-11-16)20(27)21(17)9-15-3-1-2-4-19(15)24-21/h1-8,10-11,17,24,26H,9,12-13H2,(H,22,23). The van der Waals surface area contributed by atoms with Gasteiger partial charge in [-0.2, -0.15) is 5.10 Å². The van der Waals surface area contributed by atoms with Gasteiger partial charge in [0.1, 0.15) is 5.54 Å². The summed E-state index contributed by atoms with van der Waals surface area (Å²) in [6.45, 7) is 0.470. The first kappa shape index (κ1) is 16.1. The highest BCUT2D eigenvalue weighted by Crippen LogP contribution is 2.43. The summed E-state index contributed by atoms with van der Waals surface area (Å²) in [5.74, 6) is -0.139. The third-order valence-electron chi connectivity index (χ3n) is 5.80. The van der Waals surface area contributed by atoms with E-state index in [0.29, 0.717) is 13.0 Å². The van der Waals surface area contributed by atoms with E-state index in [1.54, 1.807) is 11.1 Å². The van der Waals surface area contributed by atoms with Crippen LogP contribution in [-0.4, -0.2) is 39.9 Å². The van der Waals surface area contributed by atoms with Crippen LogP contribution >= 0.6 is 0 Å². The van der Waals surface area contributed by atoms with Gasteiger partial charge < -0.3 is 15.3 Å². The van der Waals surface area contributed by atoms with E-state index in [-0.39, 0.29) is 18.4 Å². The van der Waals surface area contributed by atoms with Crippen LogP contribution in [0.2, 0.25) is 0 Å². The van der Waals surface area contributed by atoms with Gasteiger partial charge in [-0.1, -0.05) is 30.3 Å². The highest BCUT2D eigenvalue weighted by Gasteiger charge is 2.56. The Hall–Kier alpha value is -3.12. The molecule has 2 atom stereocenters.